The van der Waals surface area contributed by atoms with Gasteiger partial charge in [0.05, 0.1) is 0 Å². The molecule has 0 aliphatic carbocycles. The molecule has 0 atom stereocenters. The number of rotatable bonds is 3. The van der Waals surface area contributed by atoms with Gasteiger partial charge < -0.3 is 4.74 Å². The zero-order valence-corrected chi connectivity index (χ0v) is 10.8. The van der Waals surface area contributed by atoms with Gasteiger partial charge in [-0.2, -0.15) is 0 Å². The molecule has 0 bridgehead atoms. The maximum atomic E-state index is 13.8. The first-order valence-corrected chi connectivity index (χ1v) is 6.13. The molecule has 0 N–H and O–H groups in total. The Morgan fingerprint density at radius 3 is 2.35 bits per heavy atom. The van der Waals surface area contributed by atoms with E-state index in [1.54, 1.807) is 0 Å². The van der Waals surface area contributed by atoms with Crippen molar-refractivity contribution in [1.29, 1.82) is 0 Å². The highest BCUT2D eigenvalue weighted by Crippen LogP contribution is 2.35. The molecule has 0 aliphatic rings. The third-order valence-electron chi connectivity index (χ3n) is 2.59. The Morgan fingerprint density at radius 2 is 1.70 bits per heavy atom. The standard InChI is InChI=1S/C14H9ClF4O/c15-8-9-5-6-12(16)11(7-9)10-3-1-2-4-13(10)20-14(17,18)19/h1-7H,8H2. The molecule has 2 aromatic rings. The van der Waals surface area contributed by atoms with Gasteiger partial charge in [-0.05, 0) is 23.8 Å². The molecule has 0 fully saturated rings. The zero-order chi connectivity index (χ0) is 14.8. The van der Waals surface area contributed by atoms with Crippen molar-refractivity contribution < 1.29 is 22.3 Å². The van der Waals surface area contributed by atoms with Crippen LogP contribution in [0.3, 0.4) is 0 Å². The molecule has 1 nitrogen and oxygen atoms in total. The van der Waals surface area contributed by atoms with Gasteiger partial charge in [0.25, 0.3) is 0 Å². The second kappa shape index (κ2) is 5.71. The van der Waals surface area contributed by atoms with Gasteiger partial charge in [0.1, 0.15) is 11.6 Å². The van der Waals surface area contributed by atoms with Gasteiger partial charge in [-0.3, -0.25) is 0 Å². The van der Waals surface area contributed by atoms with Gasteiger partial charge in [-0.25, -0.2) is 4.39 Å². The van der Waals surface area contributed by atoms with E-state index in [2.05, 4.69) is 4.74 Å². The second-order valence-electron chi connectivity index (χ2n) is 3.99. The Balaban J connectivity index is 2.52. The van der Waals surface area contributed by atoms with Gasteiger partial charge in [0.15, 0.2) is 0 Å². The maximum Gasteiger partial charge on any atom is 0.573 e. The monoisotopic (exact) mass is 304 g/mol. The average Bonchev–Trinajstić information content (AvgIpc) is 2.38. The predicted molar refractivity (Wildman–Crippen MR) is 68.1 cm³/mol. The number of hydrogen-bond acceptors (Lipinski definition) is 1. The van der Waals surface area contributed by atoms with Crippen LogP contribution in [0, 0.1) is 5.82 Å². The molecule has 0 spiro atoms. The van der Waals surface area contributed by atoms with Gasteiger partial charge in [0, 0.05) is 17.0 Å². The van der Waals surface area contributed by atoms with E-state index >= 15 is 0 Å². The van der Waals surface area contributed by atoms with E-state index in [1.165, 1.54) is 30.3 Å². The lowest BCUT2D eigenvalue weighted by Crippen LogP contribution is -2.17. The normalized spacial score (nSPS) is 11.4. The Labute approximate surface area is 117 Å². The Morgan fingerprint density at radius 1 is 1.00 bits per heavy atom. The quantitative estimate of drug-likeness (QED) is 0.564. The number of para-hydroxylation sites is 1. The first-order chi connectivity index (χ1) is 9.40. The van der Waals surface area contributed by atoms with Crippen LogP contribution in [0.2, 0.25) is 0 Å². The van der Waals surface area contributed by atoms with E-state index in [-0.39, 0.29) is 17.0 Å². The minimum atomic E-state index is -4.84. The number of benzene rings is 2. The average molecular weight is 305 g/mol. The molecule has 2 aromatic carbocycles. The van der Waals surface area contributed by atoms with Crippen LogP contribution < -0.4 is 4.74 Å². The highest BCUT2D eigenvalue weighted by molar-refractivity contribution is 6.17. The molecule has 0 aromatic heterocycles. The van der Waals surface area contributed by atoms with Crippen LogP contribution in [0.1, 0.15) is 5.56 Å². The molecule has 0 unspecified atom stereocenters. The van der Waals surface area contributed by atoms with Crippen molar-refractivity contribution in [1.82, 2.24) is 0 Å². The number of hydrogen-bond donors (Lipinski definition) is 0. The zero-order valence-electron chi connectivity index (χ0n) is 10.0. The largest absolute Gasteiger partial charge is 0.573 e. The summed E-state index contributed by atoms with van der Waals surface area (Å²) in [6.07, 6.45) is -4.84. The lowest BCUT2D eigenvalue weighted by atomic mass is 10.0. The number of halogens is 5. The van der Waals surface area contributed by atoms with E-state index in [1.807, 2.05) is 0 Å². The van der Waals surface area contributed by atoms with Crippen molar-refractivity contribution in [3.05, 3.63) is 53.8 Å². The van der Waals surface area contributed by atoms with Crippen LogP contribution >= 0.6 is 11.6 Å². The van der Waals surface area contributed by atoms with Crippen molar-refractivity contribution in [3.63, 3.8) is 0 Å². The third kappa shape index (κ3) is 3.42. The highest BCUT2D eigenvalue weighted by Gasteiger charge is 2.32. The van der Waals surface area contributed by atoms with E-state index < -0.39 is 17.9 Å². The fourth-order valence-corrected chi connectivity index (χ4v) is 1.93. The maximum absolute atomic E-state index is 13.8. The molecular formula is C14H9ClF4O. The fourth-order valence-electron chi connectivity index (χ4n) is 1.76. The topological polar surface area (TPSA) is 9.23 Å². The highest BCUT2D eigenvalue weighted by atomic mass is 35.5. The molecule has 2 rings (SSSR count). The van der Waals surface area contributed by atoms with Crippen LogP contribution in [-0.2, 0) is 5.88 Å². The van der Waals surface area contributed by atoms with Gasteiger partial charge >= 0.3 is 6.36 Å². The minimum Gasteiger partial charge on any atom is -0.405 e. The molecule has 0 amide bonds. The van der Waals surface area contributed by atoms with Crippen molar-refractivity contribution in [2.45, 2.75) is 12.2 Å². The van der Waals surface area contributed by atoms with E-state index in [0.717, 1.165) is 12.1 Å². The first kappa shape index (κ1) is 14.7. The van der Waals surface area contributed by atoms with E-state index in [0.29, 0.717) is 5.56 Å². The molecule has 0 heterocycles. The molecule has 20 heavy (non-hydrogen) atoms. The summed E-state index contributed by atoms with van der Waals surface area (Å²) in [5.41, 5.74) is 0.641. The fraction of sp³-hybridized carbons (Fsp3) is 0.143. The Hall–Kier alpha value is -1.75. The Kier molecular flexibility index (Phi) is 4.18. The summed E-state index contributed by atoms with van der Waals surface area (Å²) >= 11 is 5.65. The summed E-state index contributed by atoms with van der Waals surface area (Å²) < 4.78 is 54.8. The first-order valence-electron chi connectivity index (χ1n) is 5.60. The minimum absolute atomic E-state index is 0.0167. The lowest BCUT2D eigenvalue weighted by Gasteiger charge is -2.14. The van der Waals surface area contributed by atoms with Crippen molar-refractivity contribution in [2.24, 2.45) is 0 Å². The van der Waals surface area contributed by atoms with Gasteiger partial charge in [-0.1, -0.05) is 24.3 Å². The molecule has 6 heteroatoms. The Bertz CT molecular complexity index is 610. The SMILES string of the molecule is Fc1ccc(CCl)cc1-c1ccccc1OC(F)(F)F. The molecule has 0 aliphatic heterocycles. The van der Waals surface area contributed by atoms with Gasteiger partial charge in [-0.15, -0.1) is 24.8 Å². The summed E-state index contributed by atoms with van der Waals surface area (Å²) in [6, 6.07) is 9.42. The van der Waals surface area contributed by atoms with Crippen molar-refractivity contribution in [3.8, 4) is 16.9 Å². The van der Waals surface area contributed by atoms with Crippen LogP contribution in [0.25, 0.3) is 11.1 Å². The van der Waals surface area contributed by atoms with Crippen molar-refractivity contribution >= 4 is 11.6 Å². The second-order valence-corrected chi connectivity index (χ2v) is 4.26. The lowest BCUT2D eigenvalue weighted by molar-refractivity contribution is -0.274. The summed E-state index contributed by atoms with van der Waals surface area (Å²) in [5, 5.41) is 0. The van der Waals surface area contributed by atoms with E-state index in [4.69, 9.17) is 11.6 Å². The smallest absolute Gasteiger partial charge is 0.405 e. The molecule has 0 saturated heterocycles. The summed E-state index contributed by atoms with van der Waals surface area (Å²) in [5.74, 6) is -0.960. The van der Waals surface area contributed by atoms with Crippen LogP contribution in [-0.4, -0.2) is 6.36 Å². The predicted octanol–water partition coefficient (Wildman–Crippen LogP) is 5.13. The van der Waals surface area contributed by atoms with E-state index in [9.17, 15) is 17.6 Å². The van der Waals surface area contributed by atoms with Crippen molar-refractivity contribution in [2.75, 3.05) is 0 Å². The number of alkyl halides is 4. The van der Waals surface area contributed by atoms with Gasteiger partial charge in [0.2, 0.25) is 0 Å². The van der Waals surface area contributed by atoms with Crippen LogP contribution in [0.5, 0.6) is 5.75 Å². The number of ether oxygens (including phenoxy) is 1. The molecular weight excluding hydrogens is 296 g/mol. The van der Waals surface area contributed by atoms with Crippen LogP contribution in [0.4, 0.5) is 17.6 Å². The third-order valence-corrected chi connectivity index (χ3v) is 2.90. The molecule has 106 valence electrons. The summed E-state index contributed by atoms with van der Waals surface area (Å²) in [7, 11) is 0. The summed E-state index contributed by atoms with van der Waals surface area (Å²) in [6.45, 7) is 0. The van der Waals surface area contributed by atoms with Crippen LogP contribution in [0.15, 0.2) is 42.5 Å². The molecule has 0 radical (unpaired) electrons. The summed E-state index contributed by atoms with van der Waals surface area (Å²) in [4.78, 5) is 0. The molecule has 0 saturated carbocycles.